The molecule has 0 unspecified atom stereocenters. The molecule has 34 heavy (non-hydrogen) atoms. The molecule has 0 spiro atoms. The number of aliphatic hydroxyl groups excluding tert-OH is 1. The van der Waals surface area contributed by atoms with E-state index in [2.05, 4.69) is 18.7 Å². The van der Waals surface area contributed by atoms with Crippen molar-refractivity contribution in [1.29, 1.82) is 0 Å². The second-order valence-corrected chi connectivity index (χ2v) is 9.93. The van der Waals surface area contributed by atoms with Gasteiger partial charge >= 0.3 is 0 Å². The third-order valence-corrected chi connectivity index (χ3v) is 6.63. The summed E-state index contributed by atoms with van der Waals surface area (Å²) in [4.78, 5) is 30.0. The number of hydrogen-bond donors (Lipinski definition) is 1. The third-order valence-electron chi connectivity index (χ3n) is 6.63. The number of ketones is 1. The van der Waals surface area contributed by atoms with Crippen molar-refractivity contribution in [2.75, 3.05) is 27.2 Å². The van der Waals surface area contributed by atoms with Crippen LogP contribution < -0.4 is 4.74 Å². The largest absolute Gasteiger partial charge is 0.507 e. The molecule has 0 aliphatic carbocycles. The quantitative estimate of drug-likeness (QED) is 0.373. The molecule has 6 heteroatoms. The summed E-state index contributed by atoms with van der Waals surface area (Å²) in [6.45, 7) is 7.48. The lowest BCUT2D eigenvalue weighted by Gasteiger charge is -2.26. The molecule has 2 aliphatic heterocycles. The number of benzene rings is 2. The smallest absolute Gasteiger partial charge is 0.295 e. The van der Waals surface area contributed by atoms with Crippen molar-refractivity contribution in [3.63, 3.8) is 0 Å². The maximum atomic E-state index is 13.2. The lowest BCUT2D eigenvalue weighted by Crippen LogP contribution is -2.32. The molecule has 1 saturated heterocycles. The molecule has 1 fully saturated rings. The Morgan fingerprint density at radius 3 is 2.50 bits per heavy atom. The summed E-state index contributed by atoms with van der Waals surface area (Å²) in [5, 5.41) is 11.3. The molecule has 2 atom stereocenters. The average Bonchev–Trinajstić information content (AvgIpc) is 3.29. The van der Waals surface area contributed by atoms with Crippen LogP contribution in [0.15, 0.2) is 48.0 Å². The predicted molar refractivity (Wildman–Crippen MR) is 133 cm³/mol. The number of aliphatic hydroxyl groups is 1. The van der Waals surface area contributed by atoms with Crippen LogP contribution in [-0.4, -0.2) is 59.9 Å². The van der Waals surface area contributed by atoms with E-state index in [1.165, 1.54) is 5.56 Å². The normalized spacial score (nSPS) is 21.4. The molecule has 180 valence electrons. The Balaban J connectivity index is 1.77. The molecule has 2 aromatic carbocycles. The minimum atomic E-state index is -0.634. The number of hydrogen-bond acceptors (Lipinski definition) is 5. The lowest BCUT2D eigenvalue weighted by molar-refractivity contribution is -0.139. The second-order valence-electron chi connectivity index (χ2n) is 9.93. The highest BCUT2D eigenvalue weighted by atomic mass is 16.5. The van der Waals surface area contributed by atoms with E-state index >= 15 is 0 Å². The summed E-state index contributed by atoms with van der Waals surface area (Å²) in [7, 11) is 3.96. The van der Waals surface area contributed by atoms with Crippen molar-refractivity contribution < 1.29 is 19.4 Å². The van der Waals surface area contributed by atoms with Crippen LogP contribution in [0.5, 0.6) is 5.75 Å². The monoisotopic (exact) mass is 462 g/mol. The Labute approximate surface area is 201 Å². The molecular formula is C28H34N2O4. The van der Waals surface area contributed by atoms with Crippen LogP contribution in [0.4, 0.5) is 0 Å². The first-order valence-corrected chi connectivity index (χ1v) is 12.0. The molecule has 2 aromatic rings. The lowest BCUT2D eigenvalue weighted by atomic mass is 9.92. The van der Waals surface area contributed by atoms with E-state index in [4.69, 9.17) is 4.74 Å². The van der Waals surface area contributed by atoms with Gasteiger partial charge in [0, 0.05) is 18.5 Å². The van der Waals surface area contributed by atoms with Crippen LogP contribution in [-0.2, 0) is 16.0 Å². The minimum Gasteiger partial charge on any atom is -0.507 e. The first kappa shape index (κ1) is 24.0. The zero-order valence-electron chi connectivity index (χ0n) is 20.7. The number of ether oxygens (including phenoxy) is 1. The van der Waals surface area contributed by atoms with E-state index in [1.807, 2.05) is 57.4 Å². The number of carbonyl (C=O) groups excluding carboxylic acids is 2. The molecule has 1 amide bonds. The molecule has 1 N–H and O–H groups in total. The number of nitrogens with zero attached hydrogens (tertiary/aromatic N) is 2. The van der Waals surface area contributed by atoms with Crippen molar-refractivity contribution in [2.24, 2.45) is 0 Å². The number of likely N-dealkylation sites (tertiary alicyclic amines) is 1. The van der Waals surface area contributed by atoms with Gasteiger partial charge in [0.25, 0.3) is 11.7 Å². The zero-order chi connectivity index (χ0) is 24.6. The Hall–Kier alpha value is -3.12. The summed E-state index contributed by atoms with van der Waals surface area (Å²) >= 11 is 0. The van der Waals surface area contributed by atoms with Gasteiger partial charge in [0.15, 0.2) is 0 Å². The number of Topliss-reactive ketones (excluding diaryl/α,β-unsaturated/α-hetero) is 1. The Bertz CT molecular complexity index is 1120. The van der Waals surface area contributed by atoms with E-state index in [1.54, 1.807) is 11.0 Å². The van der Waals surface area contributed by atoms with Gasteiger partial charge in [-0.25, -0.2) is 0 Å². The van der Waals surface area contributed by atoms with Crippen LogP contribution in [0, 0.1) is 0 Å². The van der Waals surface area contributed by atoms with Crippen molar-refractivity contribution in [3.05, 3.63) is 70.3 Å². The van der Waals surface area contributed by atoms with Gasteiger partial charge in [-0.15, -0.1) is 0 Å². The minimum absolute atomic E-state index is 0.0779. The van der Waals surface area contributed by atoms with Gasteiger partial charge in [-0.05, 0) is 74.8 Å². The van der Waals surface area contributed by atoms with E-state index < -0.39 is 17.7 Å². The highest BCUT2D eigenvalue weighted by Gasteiger charge is 2.45. The van der Waals surface area contributed by atoms with Gasteiger partial charge in [-0.1, -0.05) is 38.1 Å². The molecule has 0 bridgehead atoms. The van der Waals surface area contributed by atoms with Gasteiger partial charge < -0.3 is 19.6 Å². The van der Waals surface area contributed by atoms with E-state index in [0.29, 0.717) is 18.0 Å². The third kappa shape index (κ3) is 4.60. The highest BCUT2D eigenvalue weighted by Crippen LogP contribution is 2.41. The molecule has 0 aromatic heterocycles. The second kappa shape index (κ2) is 9.63. The molecule has 2 aliphatic rings. The van der Waals surface area contributed by atoms with Gasteiger partial charge in [-0.3, -0.25) is 9.59 Å². The average molecular weight is 463 g/mol. The summed E-state index contributed by atoms with van der Waals surface area (Å²) < 4.78 is 5.78. The Morgan fingerprint density at radius 1 is 1.15 bits per heavy atom. The molecule has 0 saturated carbocycles. The van der Waals surface area contributed by atoms with Crippen molar-refractivity contribution in [3.8, 4) is 5.75 Å². The number of carbonyl (C=O) groups is 2. The maximum Gasteiger partial charge on any atom is 0.295 e. The highest BCUT2D eigenvalue weighted by molar-refractivity contribution is 6.46. The predicted octanol–water partition coefficient (Wildman–Crippen LogP) is 4.51. The Kier molecular flexibility index (Phi) is 6.80. The molecular weight excluding hydrogens is 428 g/mol. The standard InChI is InChI=1S/C28H34N2O4/c1-17(2)19-7-9-20(10-8-19)25-24(27(32)28(33)30(25)14-6-13-29(4)5)26(31)21-11-12-23-22(16-21)15-18(3)34-23/h7-12,16-18,25,31H,6,13-15H2,1-5H3/b26-24+/t18-,25+/m1/s1. The fourth-order valence-corrected chi connectivity index (χ4v) is 4.80. The van der Waals surface area contributed by atoms with Crippen LogP contribution in [0.1, 0.15) is 61.4 Å². The van der Waals surface area contributed by atoms with Gasteiger partial charge in [-0.2, -0.15) is 0 Å². The zero-order valence-corrected chi connectivity index (χ0v) is 20.7. The first-order valence-electron chi connectivity index (χ1n) is 12.0. The van der Waals surface area contributed by atoms with E-state index in [-0.39, 0.29) is 17.4 Å². The summed E-state index contributed by atoms with van der Waals surface area (Å²) in [6, 6.07) is 12.8. The van der Waals surface area contributed by atoms with E-state index in [0.717, 1.165) is 36.3 Å². The first-order chi connectivity index (χ1) is 16.2. The summed E-state index contributed by atoms with van der Waals surface area (Å²) in [5.41, 5.74) is 3.69. The van der Waals surface area contributed by atoms with Crippen LogP contribution in [0.3, 0.4) is 0 Å². The number of amides is 1. The fraction of sp³-hybridized carbons (Fsp3) is 0.429. The maximum absolute atomic E-state index is 13.2. The summed E-state index contributed by atoms with van der Waals surface area (Å²) in [6.07, 6.45) is 1.55. The molecule has 2 heterocycles. The number of fused-ring (bicyclic) bond motifs is 1. The molecule has 6 nitrogen and oxygen atoms in total. The molecule has 4 rings (SSSR count). The fourth-order valence-electron chi connectivity index (χ4n) is 4.80. The van der Waals surface area contributed by atoms with Gasteiger partial charge in [0.2, 0.25) is 0 Å². The SMILES string of the molecule is CC(C)c1ccc([C@H]2/C(=C(\O)c3ccc4c(c3)C[C@@H](C)O4)C(=O)C(=O)N2CCCN(C)C)cc1. The number of rotatable bonds is 7. The van der Waals surface area contributed by atoms with Crippen molar-refractivity contribution in [2.45, 2.75) is 51.7 Å². The molecule has 0 radical (unpaired) electrons. The van der Waals surface area contributed by atoms with Crippen molar-refractivity contribution >= 4 is 17.4 Å². The van der Waals surface area contributed by atoms with Crippen LogP contribution >= 0.6 is 0 Å². The van der Waals surface area contributed by atoms with Crippen LogP contribution in [0.25, 0.3) is 5.76 Å². The van der Waals surface area contributed by atoms with Gasteiger partial charge in [0.05, 0.1) is 11.6 Å². The van der Waals surface area contributed by atoms with Crippen molar-refractivity contribution in [1.82, 2.24) is 9.80 Å². The summed E-state index contributed by atoms with van der Waals surface area (Å²) in [5.74, 6) is -0.152. The topological polar surface area (TPSA) is 70.1 Å². The van der Waals surface area contributed by atoms with Crippen LogP contribution in [0.2, 0.25) is 0 Å². The van der Waals surface area contributed by atoms with Gasteiger partial charge in [0.1, 0.15) is 17.6 Å². The van der Waals surface area contributed by atoms with E-state index in [9.17, 15) is 14.7 Å². The Morgan fingerprint density at radius 2 is 1.85 bits per heavy atom.